The maximum absolute atomic E-state index is 2.44. The Balaban J connectivity index is 1.89. The summed E-state index contributed by atoms with van der Waals surface area (Å²) in [4.78, 5) is 0. The molecule has 0 heterocycles. The first kappa shape index (κ1) is 6.69. The summed E-state index contributed by atoms with van der Waals surface area (Å²) in [5.41, 5.74) is 0. The van der Waals surface area contributed by atoms with Crippen LogP contribution in [0, 0.1) is 23.7 Å². The largest absolute Gasteiger partial charge is 0.0654 e. The average molecular weight is 138 g/mol. The molecule has 0 aliphatic heterocycles. The van der Waals surface area contributed by atoms with Gasteiger partial charge in [0.1, 0.15) is 0 Å². The fourth-order valence-electron chi connectivity index (χ4n) is 2.96. The lowest BCUT2D eigenvalue weighted by atomic mass is 9.95. The van der Waals surface area contributed by atoms with Gasteiger partial charge in [0.15, 0.2) is 0 Å². The average Bonchev–Trinajstić information content (AvgIpc) is 2.59. The van der Waals surface area contributed by atoms with Gasteiger partial charge in [-0.25, -0.2) is 0 Å². The topological polar surface area (TPSA) is 0 Å². The summed E-state index contributed by atoms with van der Waals surface area (Å²) in [6.07, 6.45) is 6.03. The molecule has 2 aliphatic rings. The maximum Gasteiger partial charge on any atom is -0.0352 e. The molecule has 58 valence electrons. The fourth-order valence-corrected chi connectivity index (χ4v) is 2.96. The molecule has 2 rings (SSSR count). The lowest BCUT2D eigenvalue weighted by Gasteiger charge is -2.11. The Kier molecular flexibility index (Phi) is 1.51. The van der Waals surface area contributed by atoms with Crippen molar-refractivity contribution in [1.82, 2.24) is 0 Å². The van der Waals surface area contributed by atoms with Crippen LogP contribution in [0.3, 0.4) is 0 Å². The maximum atomic E-state index is 2.44. The smallest absolute Gasteiger partial charge is 0.0352 e. The Morgan fingerprint density at radius 3 is 2.40 bits per heavy atom. The Morgan fingerprint density at radius 2 is 2.00 bits per heavy atom. The minimum atomic E-state index is 1.07. The molecular weight excluding hydrogens is 120 g/mol. The van der Waals surface area contributed by atoms with Crippen molar-refractivity contribution < 1.29 is 0 Å². The van der Waals surface area contributed by atoms with Crippen LogP contribution in [0.15, 0.2) is 0 Å². The van der Waals surface area contributed by atoms with Gasteiger partial charge < -0.3 is 0 Å². The summed E-state index contributed by atoms with van der Waals surface area (Å²) in [6.45, 7) is 4.76. The van der Waals surface area contributed by atoms with Crippen LogP contribution in [-0.4, -0.2) is 0 Å². The van der Waals surface area contributed by atoms with E-state index >= 15 is 0 Å². The Hall–Kier alpha value is 0. The predicted octanol–water partition coefficient (Wildman–Crippen LogP) is 3.08. The van der Waals surface area contributed by atoms with Crippen LogP contribution in [0.4, 0.5) is 0 Å². The van der Waals surface area contributed by atoms with Crippen LogP contribution in [0.1, 0.15) is 39.5 Å². The highest BCUT2D eigenvalue weighted by atomic mass is 14.6. The van der Waals surface area contributed by atoms with Crippen molar-refractivity contribution in [1.29, 1.82) is 0 Å². The van der Waals surface area contributed by atoms with Crippen molar-refractivity contribution in [3.8, 4) is 0 Å². The first-order chi connectivity index (χ1) is 4.83. The SMILES string of the molecule is CCCC1CC(C)C2C[C@@H]12. The van der Waals surface area contributed by atoms with Gasteiger partial charge in [-0.3, -0.25) is 0 Å². The number of hydrogen-bond acceptors (Lipinski definition) is 0. The lowest BCUT2D eigenvalue weighted by Crippen LogP contribution is -2.00. The van der Waals surface area contributed by atoms with E-state index in [0.717, 1.165) is 17.8 Å². The fraction of sp³-hybridized carbons (Fsp3) is 1.00. The third kappa shape index (κ3) is 0.889. The molecular formula is C10H18. The molecule has 0 radical (unpaired) electrons. The van der Waals surface area contributed by atoms with Gasteiger partial charge >= 0.3 is 0 Å². The van der Waals surface area contributed by atoms with Gasteiger partial charge in [0.25, 0.3) is 0 Å². The normalized spacial score (nSPS) is 51.0. The molecule has 0 aromatic heterocycles. The number of hydrogen-bond donors (Lipinski definition) is 0. The molecule has 0 saturated heterocycles. The van der Waals surface area contributed by atoms with Gasteiger partial charge in [0, 0.05) is 0 Å². The van der Waals surface area contributed by atoms with E-state index in [-0.39, 0.29) is 0 Å². The molecule has 0 nitrogen and oxygen atoms in total. The molecule has 0 aromatic rings. The van der Waals surface area contributed by atoms with Gasteiger partial charge in [-0.15, -0.1) is 0 Å². The van der Waals surface area contributed by atoms with Crippen molar-refractivity contribution in [2.24, 2.45) is 23.7 Å². The van der Waals surface area contributed by atoms with Gasteiger partial charge in [0.2, 0.25) is 0 Å². The molecule has 0 amide bonds. The van der Waals surface area contributed by atoms with E-state index in [4.69, 9.17) is 0 Å². The van der Waals surface area contributed by atoms with Crippen LogP contribution >= 0.6 is 0 Å². The molecule has 0 bridgehead atoms. The molecule has 0 heteroatoms. The van der Waals surface area contributed by atoms with E-state index < -0.39 is 0 Å². The third-order valence-electron chi connectivity index (χ3n) is 3.56. The molecule has 3 unspecified atom stereocenters. The molecule has 10 heavy (non-hydrogen) atoms. The standard InChI is InChI=1S/C10H18/c1-3-4-8-5-7(2)9-6-10(8)9/h7-10H,3-6H2,1-2H3/t7?,8?,9?,10-/m0/s1. The zero-order valence-corrected chi connectivity index (χ0v) is 7.14. The molecule has 0 spiro atoms. The lowest BCUT2D eigenvalue weighted by molar-refractivity contribution is 0.405. The van der Waals surface area contributed by atoms with Crippen molar-refractivity contribution in [2.75, 3.05) is 0 Å². The first-order valence-corrected chi connectivity index (χ1v) is 4.83. The van der Waals surface area contributed by atoms with E-state index in [1.807, 2.05) is 0 Å². The second kappa shape index (κ2) is 2.25. The minimum Gasteiger partial charge on any atom is -0.0654 e. The van der Waals surface area contributed by atoms with E-state index in [9.17, 15) is 0 Å². The van der Waals surface area contributed by atoms with E-state index in [2.05, 4.69) is 13.8 Å². The number of fused-ring (bicyclic) bond motifs is 1. The van der Waals surface area contributed by atoms with Crippen LogP contribution in [0.2, 0.25) is 0 Å². The van der Waals surface area contributed by atoms with Crippen molar-refractivity contribution in [2.45, 2.75) is 39.5 Å². The van der Waals surface area contributed by atoms with Crippen molar-refractivity contribution in [3.05, 3.63) is 0 Å². The second-order valence-corrected chi connectivity index (χ2v) is 4.33. The van der Waals surface area contributed by atoms with Gasteiger partial charge in [-0.05, 0) is 36.5 Å². The van der Waals surface area contributed by atoms with Crippen LogP contribution in [0.25, 0.3) is 0 Å². The molecule has 2 saturated carbocycles. The van der Waals surface area contributed by atoms with Gasteiger partial charge in [0.05, 0.1) is 0 Å². The summed E-state index contributed by atoms with van der Waals surface area (Å²) in [7, 11) is 0. The van der Waals surface area contributed by atoms with Crippen LogP contribution in [0.5, 0.6) is 0 Å². The summed E-state index contributed by atoms with van der Waals surface area (Å²) in [5, 5.41) is 0. The zero-order valence-electron chi connectivity index (χ0n) is 7.14. The van der Waals surface area contributed by atoms with E-state index in [0.29, 0.717) is 0 Å². The Bertz CT molecular complexity index is 128. The highest BCUT2D eigenvalue weighted by Crippen LogP contribution is 2.59. The van der Waals surface area contributed by atoms with E-state index in [1.54, 1.807) is 12.8 Å². The molecule has 0 aromatic carbocycles. The molecule has 0 N–H and O–H groups in total. The number of rotatable bonds is 2. The van der Waals surface area contributed by atoms with Crippen LogP contribution < -0.4 is 0 Å². The molecule has 2 aliphatic carbocycles. The monoisotopic (exact) mass is 138 g/mol. The highest BCUT2D eigenvalue weighted by Gasteiger charge is 2.51. The third-order valence-corrected chi connectivity index (χ3v) is 3.56. The first-order valence-electron chi connectivity index (χ1n) is 4.83. The zero-order chi connectivity index (χ0) is 7.14. The summed E-state index contributed by atoms with van der Waals surface area (Å²) >= 11 is 0. The summed E-state index contributed by atoms with van der Waals surface area (Å²) in [5.74, 6) is 4.54. The minimum absolute atomic E-state index is 1.07. The Morgan fingerprint density at radius 1 is 1.20 bits per heavy atom. The highest BCUT2D eigenvalue weighted by molar-refractivity contribution is 5.00. The van der Waals surface area contributed by atoms with Crippen molar-refractivity contribution in [3.63, 3.8) is 0 Å². The van der Waals surface area contributed by atoms with Crippen molar-refractivity contribution >= 4 is 0 Å². The Labute approximate surface area is 64.0 Å². The van der Waals surface area contributed by atoms with Gasteiger partial charge in [-0.2, -0.15) is 0 Å². The summed E-state index contributed by atoms with van der Waals surface area (Å²) < 4.78 is 0. The quantitative estimate of drug-likeness (QED) is 0.550. The predicted molar refractivity (Wildman–Crippen MR) is 43.8 cm³/mol. The second-order valence-electron chi connectivity index (χ2n) is 4.33. The van der Waals surface area contributed by atoms with Crippen LogP contribution in [-0.2, 0) is 0 Å². The van der Waals surface area contributed by atoms with E-state index in [1.165, 1.54) is 18.8 Å². The summed E-state index contributed by atoms with van der Waals surface area (Å²) in [6, 6.07) is 0. The van der Waals surface area contributed by atoms with Gasteiger partial charge in [-0.1, -0.05) is 26.7 Å². The molecule has 4 atom stereocenters. The molecule has 2 fully saturated rings.